The van der Waals surface area contributed by atoms with Gasteiger partial charge in [0.1, 0.15) is 6.04 Å². The molecule has 1 unspecified atom stereocenters. The van der Waals surface area contributed by atoms with Crippen molar-refractivity contribution < 1.29 is 29.4 Å². The molecule has 114 valence electrons. The van der Waals surface area contributed by atoms with Gasteiger partial charge in [-0.15, -0.1) is 0 Å². The van der Waals surface area contributed by atoms with E-state index in [0.717, 1.165) is 4.90 Å². The Morgan fingerprint density at radius 3 is 2.15 bits per heavy atom. The normalized spacial score (nSPS) is 12.9. The summed E-state index contributed by atoms with van der Waals surface area (Å²) >= 11 is 0. The Hall–Kier alpha value is -2.32. The molecule has 0 saturated carbocycles. The summed E-state index contributed by atoms with van der Waals surface area (Å²) in [5, 5.41) is 21.9. The Morgan fingerprint density at radius 1 is 1.20 bits per heavy atom. The van der Waals surface area contributed by atoms with Crippen LogP contribution in [0.3, 0.4) is 0 Å². The number of carbonyl (C=O) groups is 4. The van der Waals surface area contributed by atoms with Crippen molar-refractivity contribution in [2.75, 3.05) is 20.6 Å². The van der Waals surface area contributed by atoms with Crippen LogP contribution in [0.2, 0.25) is 0 Å². The number of rotatable bonds is 7. The first-order valence-electron chi connectivity index (χ1n) is 5.86. The van der Waals surface area contributed by atoms with Gasteiger partial charge in [0, 0.05) is 20.6 Å². The van der Waals surface area contributed by atoms with Gasteiger partial charge in [-0.1, -0.05) is 6.92 Å². The molecule has 0 aliphatic heterocycles. The predicted octanol–water partition coefficient (Wildman–Crippen LogP) is -1.06. The second-order valence-corrected chi connectivity index (χ2v) is 4.33. The average molecular weight is 289 g/mol. The van der Waals surface area contributed by atoms with E-state index < -0.39 is 36.4 Å². The van der Waals surface area contributed by atoms with Gasteiger partial charge < -0.3 is 25.7 Å². The summed E-state index contributed by atoms with van der Waals surface area (Å²) in [5.74, 6) is -3.50. The summed E-state index contributed by atoms with van der Waals surface area (Å²) < 4.78 is 0. The quantitative estimate of drug-likeness (QED) is 0.471. The SMILES string of the molecule is CNC(=O)C(C)CN(C)C(=O)N[C@H](CC(=O)O)C(=O)O. The van der Waals surface area contributed by atoms with E-state index in [1.807, 2.05) is 0 Å². The largest absolute Gasteiger partial charge is 0.481 e. The zero-order valence-electron chi connectivity index (χ0n) is 11.5. The Morgan fingerprint density at radius 2 is 1.75 bits per heavy atom. The van der Waals surface area contributed by atoms with E-state index >= 15 is 0 Å². The predicted molar refractivity (Wildman–Crippen MR) is 68.1 cm³/mol. The minimum absolute atomic E-state index is 0.0743. The number of aliphatic carboxylic acids is 2. The van der Waals surface area contributed by atoms with Crippen LogP contribution in [0.5, 0.6) is 0 Å². The number of hydrogen-bond acceptors (Lipinski definition) is 4. The molecule has 0 saturated heterocycles. The maximum atomic E-state index is 11.7. The van der Waals surface area contributed by atoms with Crippen molar-refractivity contribution in [3.63, 3.8) is 0 Å². The third-order valence-corrected chi connectivity index (χ3v) is 2.56. The summed E-state index contributed by atoms with van der Waals surface area (Å²) in [6.07, 6.45) is -0.722. The van der Waals surface area contributed by atoms with Crippen LogP contribution >= 0.6 is 0 Å². The molecule has 0 aliphatic carbocycles. The zero-order chi connectivity index (χ0) is 15.9. The number of carboxylic acids is 2. The number of carbonyl (C=O) groups excluding carboxylic acids is 2. The molecule has 0 radical (unpaired) electrons. The Labute approximate surface area is 115 Å². The first-order valence-corrected chi connectivity index (χ1v) is 5.86. The lowest BCUT2D eigenvalue weighted by Gasteiger charge is -2.23. The number of nitrogens with zero attached hydrogens (tertiary/aromatic N) is 1. The smallest absolute Gasteiger partial charge is 0.326 e. The fourth-order valence-corrected chi connectivity index (χ4v) is 1.46. The molecule has 0 aromatic rings. The monoisotopic (exact) mass is 289 g/mol. The van der Waals surface area contributed by atoms with Crippen molar-refractivity contribution in [2.24, 2.45) is 5.92 Å². The van der Waals surface area contributed by atoms with Crippen molar-refractivity contribution in [3.8, 4) is 0 Å². The molecular weight excluding hydrogens is 270 g/mol. The van der Waals surface area contributed by atoms with Gasteiger partial charge in [0.15, 0.2) is 0 Å². The highest BCUT2D eigenvalue weighted by Gasteiger charge is 2.25. The van der Waals surface area contributed by atoms with Crippen molar-refractivity contribution >= 4 is 23.9 Å². The maximum absolute atomic E-state index is 11.7. The molecule has 2 atom stereocenters. The number of carboxylic acid groups (broad SMARTS) is 2. The molecule has 0 heterocycles. The first-order chi connectivity index (χ1) is 9.18. The van der Waals surface area contributed by atoms with Crippen molar-refractivity contribution in [1.29, 1.82) is 0 Å². The van der Waals surface area contributed by atoms with Crippen LogP contribution < -0.4 is 10.6 Å². The Balaban J connectivity index is 4.53. The van der Waals surface area contributed by atoms with Gasteiger partial charge in [0.05, 0.1) is 12.3 Å². The molecule has 9 heteroatoms. The van der Waals surface area contributed by atoms with Crippen LogP contribution in [-0.4, -0.2) is 65.7 Å². The Kier molecular flexibility index (Phi) is 7.05. The van der Waals surface area contributed by atoms with Crippen LogP contribution in [0, 0.1) is 5.92 Å². The van der Waals surface area contributed by atoms with E-state index in [1.54, 1.807) is 6.92 Å². The first kappa shape index (κ1) is 17.7. The minimum Gasteiger partial charge on any atom is -0.481 e. The second-order valence-electron chi connectivity index (χ2n) is 4.33. The maximum Gasteiger partial charge on any atom is 0.326 e. The van der Waals surface area contributed by atoms with Crippen LogP contribution in [0.4, 0.5) is 4.79 Å². The van der Waals surface area contributed by atoms with Crippen molar-refractivity contribution in [3.05, 3.63) is 0 Å². The summed E-state index contributed by atoms with van der Waals surface area (Å²) in [6, 6.07) is -2.27. The fourth-order valence-electron chi connectivity index (χ4n) is 1.46. The summed E-state index contributed by atoms with van der Waals surface area (Å²) in [6.45, 7) is 1.68. The third kappa shape index (κ3) is 6.03. The van der Waals surface area contributed by atoms with E-state index in [0.29, 0.717) is 0 Å². The molecule has 0 aromatic heterocycles. The number of urea groups is 1. The Bertz CT molecular complexity index is 398. The lowest BCUT2D eigenvalue weighted by molar-refractivity contribution is -0.145. The van der Waals surface area contributed by atoms with E-state index in [9.17, 15) is 19.2 Å². The molecule has 9 nitrogen and oxygen atoms in total. The lowest BCUT2D eigenvalue weighted by Crippen LogP contribution is -2.49. The van der Waals surface area contributed by atoms with E-state index in [2.05, 4.69) is 10.6 Å². The number of hydrogen-bond donors (Lipinski definition) is 4. The van der Waals surface area contributed by atoms with E-state index in [1.165, 1.54) is 14.1 Å². The van der Waals surface area contributed by atoms with Crippen molar-refractivity contribution in [1.82, 2.24) is 15.5 Å². The molecule has 0 bridgehead atoms. The van der Waals surface area contributed by atoms with Gasteiger partial charge in [-0.2, -0.15) is 0 Å². The number of nitrogens with one attached hydrogen (secondary N) is 2. The molecule has 3 amide bonds. The van der Waals surface area contributed by atoms with Crippen LogP contribution in [0.15, 0.2) is 0 Å². The molecule has 0 aliphatic rings. The van der Waals surface area contributed by atoms with Crippen LogP contribution in [0.25, 0.3) is 0 Å². The summed E-state index contributed by atoms with van der Waals surface area (Å²) in [7, 11) is 2.85. The van der Waals surface area contributed by atoms with Gasteiger partial charge in [-0.3, -0.25) is 9.59 Å². The van der Waals surface area contributed by atoms with Crippen LogP contribution in [0.1, 0.15) is 13.3 Å². The molecule has 0 fully saturated rings. The topological polar surface area (TPSA) is 136 Å². The van der Waals surface area contributed by atoms with Crippen LogP contribution in [-0.2, 0) is 14.4 Å². The van der Waals surface area contributed by atoms with Crippen molar-refractivity contribution in [2.45, 2.75) is 19.4 Å². The third-order valence-electron chi connectivity index (χ3n) is 2.56. The number of amides is 3. The van der Waals surface area contributed by atoms with Gasteiger partial charge >= 0.3 is 18.0 Å². The standard InChI is InChI=1S/C11H19N3O6/c1-6(9(17)12-2)5-14(3)11(20)13-7(10(18)19)4-8(15)16/h6-7H,4-5H2,1-3H3,(H,12,17)(H,13,20)(H,15,16)(H,18,19)/t6?,7-/m1/s1. The lowest BCUT2D eigenvalue weighted by atomic mass is 10.1. The zero-order valence-corrected chi connectivity index (χ0v) is 11.5. The second kappa shape index (κ2) is 7.97. The minimum atomic E-state index is -1.52. The van der Waals surface area contributed by atoms with Gasteiger partial charge in [0.25, 0.3) is 0 Å². The van der Waals surface area contributed by atoms with Gasteiger partial charge in [-0.25, -0.2) is 9.59 Å². The summed E-state index contributed by atoms with van der Waals surface area (Å²) in [4.78, 5) is 45.4. The summed E-state index contributed by atoms with van der Waals surface area (Å²) in [5.41, 5.74) is 0. The molecular formula is C11H19N3O6. The highest BCUT2D eigenvalue weighted by Crippen LogP contribution is 2.00. The fraction of sp³-hybridized carbons (Fsp3) is 0.636. The molecule has 0 spiro atoms. The average Bonchev–Trinajstić information content (AvgIpc) is 2.35. The molecule has 20 heavy (non-hydrogen) atoms. The molecule has 0 rings (SSSR count). The molecule has 4 N–H and O–H groups in total. The van der Waals surface area contributed by atoms with E-state index in [-0.39, 0.29) is 12.5 Å². The molecule has 0 aromatic carbocycles. The highest BCUT2D eigenvalue weighted by atomic mass is 16.4. The highest BCUT2D eigenvalue weighted by molar-refractivity contribution is 5.86. The van der Waals surface area contributed by atoms with E-state index in [4.69, 9.17) is 10.2 Å². The van der Waals surface area contributed by atoms with Gasteiger partial charge in [-0.05, 0) is 0 Å². The van der Waals surface area contributed by atoms with Gasteiger partial charge in [0.2, 0.25) is 5.91 Å².